The summed E-state index contributed by atoms with van der Waals surface area (Å²) in [6, 6.07) is 0.00359. The number of hydrogen-bond donors (Lipinski definition) is 1. The molecule has 1 aliphatic heterocycles. The van der Waals surface area contributed by atoms with Crippen LogP contribution in [0.1, 0.15) is 26.7 Å². The monoisotopic (exact) mass is 285 g/mol. The van der Waals surface area contributed by atoms with Crippen molar-refractivity contribution in [1.82, 2.24) is 15.1 Å². The summed E-state index contributed by atoms with van der Waals surface area (Å²) >= 11 is 0. The van der Waals surface area contributed by atoms with E-state index in [1.54, 1.807) is 9.80 Å². The van der Waals surface area contributed by atoms with Gasteiger partial charge in [0.15, 0.2) is 0 Å². The maximum atomic E-state index is 11.9. The molecule has 0 aromatic carbocycles. The number of urea groups is 1. The highest BCUT2D eigenvalue weighted by Gasteiger charge is 2.24. The molecule has 0 aromatic rings. The maximum absolute atomic E-state index is 11.9. The molecule has 0 aliphatic carbocycles. The minimum atomic E-state index is -0.381. The number of piperazine rings is 1. The highest BCUT2D eigenvalue weighted by atomic mass is 16.5. The fraction of sp³-hybridized carbons (Fsp3) is 0.769. The van der Waals surface area contributed by atoms with Gasteiger partial charge in [0.25, 0.3) is 0 Å². The van der Waals surface area contributed by atoms with Crippen molar-refractivity contribution in [3.05, 3.63) is 0 Å². The SMILES string of the molecule is COC(=O)CCC(=O)N1CCN(C(=O)NC(C)C)CC1. The molecule has 1 aliphatic rings. The van der Waals surface area contributed by atoms with E-state index >= 15 is 0 Å². The Kier molecular flexibility index (Phi) is 6.27. The molecule has 7 heteroatoms. The van der Waals surface area contributed by atoms with Gasteiger partial charge in [0.1, 0.15) is 0 Å². The Labute approximate surface area is 119 Å². The van der Waals surface area contributed by atoms with Crippen molar-refractivity contribution in [2.75, 3.05) is 33.3 Å². The molecule has 3 amide bonds. The average Bonchev–Trinajstić information content (AvgIpc) is 2.43. The lowest BCUT2D eigenvalue weighted by Crippen LogP contribution is -2.54. The second kappa shape index (κ2) is 7.72. The van der Waals surface area contributed by atoms with E-state index in [0.717, 1.165) is 0 Å². The molecule has 114 valence electrons. The number of rotatable bonds is 4. The van der Waals surface area contributed by atoms with Crippen molar-refractivity contribution in [1.29, 1.82) is 0 Å². The standard InChI is InChI=1S/C13H23N3O4/c1-10(2)14-13(19)16-8-6-15(7-9-16)11(17)4-5-12(18)20-3/h10H,4-9H2,1-3H3,(H,14,19). The van der Waals surface area contributed by atoms with Crippen LogP contribution in [0.25, 0.3) is 0 Å². The molecular formula is C13H23N3O4. The van der Waals surface area contributed by atoms with Gasteiger partial charge in [-0.05, 0) is 13.8 Å². The lowest BCUT2D eigenvalue weighted by atomic mass is 10.2. The summed E-state index contributed by atoms with van der Waals surface area (Å²) in [6.45, 7) is 5.86. The zero-order valence-corrected chi connectivity index (χ0v) is 12.3. The van der Waals surface area contributed by atoms with E-state index in [2.05, 4.69) is 10.1 Å². The highest BCUT2D eigenvalue weighted by Crippen LogP contribution is 2.06. The molecule has 0 saturated carbocycles. The molecule has 1 N–H and O–H groups in total. The van der Waals surface area contributed by atoms with Crippen molar-refractivity contribution in [2.45, 2.75) is 32.7 Å². The fourth-order valence-electron chi connectivity index (χ4n) is 1.97. The molecule has 0 aromatic heterocycles. The molecular weight excluding hydrogens is 262 g/mol. The summed E-state index contributed by atoms with van der Waals surface area (Å²) in [5.41, 5.74) is 0. The lowest BCUT2D eigenvalue weighted by molar-refractivity contribution is -0.143. The number of hydrogen-bond acceptors (Lipinski definition) is 4. The third-order valence-electron chi connectivity index (χ3n) is 3.10. The maximum Gasteiger partial charge on any atom is 0.317 e. The second-order valence-corrected chi connectivity index (χ2v) is 5.05. The van der Waals surface area contributed by atoms with E-state index in [9.17, 15) is 14.4 Å². The molecule has 0 radical (unpaired) electrons. The number of nitrogens with one attached hydrogen (secondary N) is 1. The van der Waals surface area contributed by atoms with Crippen LogP contribution in [-0.2, 0) is 14.3 Å². The predicted octanol–water partition coefficient (Wildman–Crippen LogP) is 0.202. The van der Waals surface area contributed by atoms with E-state index in [-0.39, 0.29) is 36.8 Å². The van der Waals surface area contributed by atoms with Crippen molar-refractivity contribution < 1.29 is 19.1 Å². The van der Waals surface area contributed by atoms with Gasteiger partial charge in [0, 0.05) is 38.6 Å². The van der Waals surface area contributed by atoms with Crippen molar-refractivity contribution in [2.24, 2.45) is 0 Å². The first-order valence-electron chi connectivity index (χ1n) is 6.84. The topological polar surface area (TPSA) is 79.0 Å². The van der Waals surface area contributed by atoms with Crippen LogP contribution in [0, 0.1) is 0 Å². The molecule has 0 atom stereocenters. The summed E-state index contributed by atoms with van der Waals surface area (Å²) in [7, 11) is 1.30. The number of methoxy groups -OCH3 is 1. The Bertz CT molecular complexity index is 363. The Morgan fingerprint density at radius 3 is 2.10 bits per heavy atom. The molecule has 0 spiro atoms. The van der Waals surface area contributed by atoms with E-state index in [0.29, 0.717) is 26.2 Å². The molecule has 0 bridgehead atoms. The highest BCUT2D eigenvalue weighted by molar-refractivity contribution is 5.81. The Morgan fingerprint density at radius 1 is 1.05 bits per heavy atom. The number of nitrogens with zero attached hydrogens (tertiary/aromatic N) is 2. The fourth-order valence-corrected chi connectivity index (χ4v) is 1.97. The van der Waals surface area contributed by atoms with Crippen molar-refractivity contribution in [3.63, 3.8) is 0 Å². The number of amides is 3. The van der Waals surface area contributed by atoms with Gasteiger partial charge in [-0.3, -0.25) is 9.59 Å². The zero-order valence-electron chi connectivity index (χ0n) is 12.3. The molecule has 7 nitrogen and oxygen atoms in total. The average molecular weight is 285 g/mol. The third-order valence-corrected chi connectivity index (χ3v) is 3.10. The van der Waals surface area contributed by atoms with Gasteiger partial charge in [-0.25, -0.2) is 4.79 Å². The van der Waals surface area contributed by atoms with Gasteiger partial charge < -0.3 is 19.9 Å². The van der Waals surface area contributed by atoms with Crippen LogP contribution in [0.4, 0.5) is 4.79 Å². The van der Waals surface area contributed by atoms with E-state index < -0.39 is 0 Å². The summed E-state index contributed by atoms with van der Waals surface area (Å²) in [5, 5.41) is 2.83. The van der Waals surface area contributed by atoms with Gasteiger partial charge in [-0.2, -0.15) is 0 Å². The molecule has 20 heavy (non-hydrogen) atoms. The summed E-state index contributed by atoms with van der Waals surface area (Å²) in [5.74, 6) is -0.451. The van der Waals surface area contributed by atoms with Gasteiger partial charge in [0.2, 0.25) is 5.91 Å². The second-order valence-electron chi connectivity index (χ2n) is 5.05. The number of ether oxygens (including phenoxy) is 1. The summed E-state index contributed by atoms with van der Waals surface area (Å²) in [6.07, 6.45) is 0.258. The molecule has 1 saturated heterocycles. The first-order chi connectivity index (χ1) is 9.43. The van der Waals surface area contributed by atoms with E-state index in [1.807, 2.05) is 13.8 Å². The predicted molar refractivity (Wildman–Crippen MR) is 73.1 cm³/mol. The van der Waals surface area contributed by atoms with Crippen LogP contribution in [0.2, 0.25) is 0 Å². The van der Waals surface area contributed by atoms with Crippen LogP contribution in [0.15, 0.2) is 0 Å². The first-order valence-corrected chi connectivity index (χ1v) is 6.84. The van der Waals surface area contributed by atoms with Gasteiger partial charge in [-0.15, -0.1) is 0 Å². The minimum absolute atomic E-state index is 0.0701. The van der Waals surface area contributed by atoms with Crippen molar-refractivity contribution >= 4 is 17.9 Å². The van der Waals surface area contributed by atoms with Gasteiger partial charge >= 0.3 is 12.0 Å². The smallest absolute Gasteiger partial charge is 0.317 e. The quantitative estimate of drug-likeness (QED) is 0.749. The Morgan fingerprint density at radius 2 is 1.60 bits per heavy atom. The van der Waals surface area contributed by atoms with Crippen LogP contribution in [-0.4, -0.2) is 67.0 Å². The first kappa shape index (κ1) is 16.3. The third kappa shape index (κ3) is 5.07. The molecule has 1 rings (SSSR count). The van der Waals surface area contributed by atoms with E-state index in [1.165, 1.54) is 7.11 Å². The summed E-state index contributed by atoms with van der Waals surface area (Å²) < 4.78 is 4.50. The minimum Gasteiger partial charge on any atom is -0.469 e. The van der Waals surface area contributed by atoms with Crippen LogP contribution in [0.5, 0.6) is 0 Å². The largest absolute Gasteiger partial charge is 0.469 e. The Balaban J connectivity index is 2.32. The zero-order chi connectivity index (χ0) is 15.1. The molecule has 1 heterocycles. The van der Waals surface area contributed by atoms with Crippen LogP contribution >= 0.6 is 0 Å². The molecule has 0 unspecified atom stereocenters. The van der Waals surface area contributed by atoms with Gasteiger partial charge in [0.05, 0.1) is 13.5 Å². The van der Waals surface area contributed by atoms with Gasteiger partial charge in [-0.1, -0.05) is 0 Å². The number of carbonyl (C=O) groups is 3. The van der Waals surface area contributed by atoms with E-state index in [4.69, 9.17) is 0 Å². The molecule has 1 fully saturated rings. The normalized spacial score (nSPS) is 15.2. The Hall–Kier alpha value is -1.79. The summed E-state index contributed by atoms with van der Waals surface area (Å²) in [4.78, 5) is 38.0. The lowest BCUT2D eigenvalue weighted by Gasteiger charge is -2.35. The number of esters is 1. The van der Waals surface area contributed by atoms with Crippen LogP contribution < -0.4 is 5.32 Å². The van der Waals surface area contributed by atoms with Crippen molar-refractivity contribution in [3.8, 4) is 0 Å². The number of carbonyl (C=O) groups excluding carboxylic acids is 3. The van der Waals surface area contributed by atoms with Crippen LogP contribution in [0.3, 0.4) is 0 Å².